The maximum atomic E-state index is 5.07. The number of rotatable bonds is 15. The summed E-state index contributed by atoms with van der Waals surface area (Å²) in [5, 5.41) is 17.2. The van der Waals surface area contributed by atoms with E-state index in [0.29, 0.717) is 0 Å². The number of hydrogen-bond donors (Lipinski definition) is 0. The highest BCUT2D eigenvalue weighted by atomic mass is 15.1. The quantitative estimate of drug-likeness (QED) is 0.0745. The Labute approximate surface area is 828 Å². The van der Waals surface area contributed by atoms with E-state index in [-0.39, 0.29) is 0 Å². The molecular weight excluding hydrogens is 1730 g/mol. The van der Waals surface area contributed by atoms with Crippen molar-refractivity contribution in [1.29, 1.82) is 0 Å². The van der Waals surface area contributed by atoms with Gasteiger partial charge in [-0.25, -0.2) is 19.9 Å². The van der Waals surface area contributed by atoms with E-state index in [1.807, 2.05) is 85.2 Å². The molecule has 0 amide bonds. The Kier molecular flexibility index (Phi) is 22.6. The minimum absolute atomic E-state index is 0.817. The Morgan fingerprint density at radius 3 is 0.832 bits per heavy atom. The van der Waals surface area contributed by atoms with Gasteiger partial charge in [0.25, 0.3) is 0 Å². The monoisotopic (exact) mass is 1820 g/mol. The minimum atomic E-state index is 0.817. The van der Waals surface area contributed by atoms with Crippen molar-refractivity contribution >= 4 is 97.6 Å². The maximum absolute atomic E-state index is 5.07. The molecule has 8 nitrogen and oxygen atoms in total. The maximum Gasteiger partial charge on any atom is 0.164 e. The summed E-state index contributed by atoms with van der Waals surface area (Å²) < 4.78 is 2.15. The summed E-state index contributed by atoms with van der Waals surface area (Å²) >= 11 is 0. The van der Waals surface area contributed by atoms with Gasteiger partial charge in [-0.15, -0.1) is 0 Å². The van der Waals surface area contributed by atoms with Crippen molar-refractivity contribution in [3.63, 3.8) is 0 Å². The van der Waals surface area contributed by atoms with E-state index in [1.54, 1.807) is 12.4 Å². The van der Waals surface area contributed by atoms with E-state index < -0.39 is 0 Å². The fourth-order valence-electron chi connectivity index (χ4n) is 20.9. The van der Waals surface area contributed by atoms with Gasteiger partial charge in [0.05, 0.1) is 39.5 Å². The van der Waals surface area contributed by atoms with Gasteiger partial charge in [0.2, 0.25) is 0 Å². The summed E-state index contributed by atoms with van der Waals surface area (Å²) in [6.07, 6.45) is 7.27. The first kappa shape index (κ1) is 85.5. The first-order valence-electron chi connectivity index (χ1n) is 48.4. The van der Waals surface area contributed by atoms with Crippen LogP contribution in [0.2, 0.25) is 0 Å². The van der Waals surface area contributed by atoms with Crippen molar-refractivity contribution in [2.75, 3.05) is 0 Å². The average molecular weight is 1820 g/mol. The Hall–Kier alpha value is -19.2. The summed E-state index contributed by atoms with van der Waals surface area (Å²) in [7, 11) is 0. The lowest BCUT2D eigenvalue weighted by atomic mass is 9.85. The molecule has 0 aliphatic carbocycles. The molecule has 8 heteroatoms. The van der Waals surface area contributed by atoms with Gasteiger partial charge in [-0.2, -0.15) is 0 Å². The zero-order chi connectivity index (χ0) is 94.9. The van der Waals surface area contributed by atoms with E-state index in [9.17, 15) is 0 Å². The number of fused-ring (bicyclic) bond motifs is 10. The molecule has 27 aromatic rings. The van der Waals surface area contributed by atoms with Crippen LogP contribution in [0.1, 0.15) is 0 Å². The first-order valence-corrected chi connectivity index (χ1v) is 48.4. The largest absolute Gasteiger partial charge is 0.277 e. The van der Waals surface area contributed by atoms with Crippen LogP contribution in [-0.4, -0.2) is 39.5 Å². The fraction of sp³-hybridized carbons (Fsp3) is 0. The summed E-state index contributed by atoms with van der Waals surface area (Å²) in [5.41, 5.74) is 35.1. The average Bonchev–Trinajstić information content (AvgIpc) is 1.53. The van der Waals surface area contributed by atoms with Crippen molar-refractivity contribution < 1.29 is 0 Å². The summed E-state index contributed by atoms with van der Waals surface area (Å²) in [5.74, 6) is 0.880. The zero-order valence-corrected chi connectivity index (χ0v) is 77.9. The van der Waals surface area contributed by atoms with Crippen LogP contribution in [0.5, 0.6) is 0 Å². The van der Waals surface area contributed by atoms with Gasteiger partial charge in [-0.1, -0.05) is 419 Å². The molecule has 0 bridgehead atoms. The molecule has 0 saturated heterocycles. The number of nitrogens with zero attached hydrogens (tertiary/aromatic N) is 8. The van der Waals surface area contributed by atoms with Crippen LogP contribution in [0.25, 0.3) is 260 Å². The Balaban J connectivity index is 0.000000113. The highest BCUT2D eigenvalue weighted by molar-refractivity contribution is 6.25. The van der Waals surface area contributed by atoms with E-state index in [2.05, 4.69) is 456 Å². The molecule has 7 aromatic heterocycles. The highest BCUT2D eigenvalue weighted by Crippen LogP contribution is 2.50. The van der Waals surface area contributed by atoms with Crippen LogP contribution in [0.3, 0.4) is 0 Å². The summed E-state index contributed by atoms with van der Waals surface area (Å²) in [6, 6.07) is 181. The molecule has 0 fully saturated rings. The number of imidazole rings is 1. The number of benzene rings is 20. The predicted molar refractivity (Wildman–Crippen MR) is 597 cm³/mol. The number of aromatic nitrogens is 8. The zero-order valence-electron chi connectivity index (χ0n) is 77.9. The van der Waals surface area contributed by atoms with Gasteiger partial charge < -0.3 is 0 Å². The Bertz CT molecular complexity index is 9370. The van der Waals surface area contributed by atoms with Crippen LogP contribution in [0.4, 0.5) is 0 Å². The highest BCUT2D eigenvalue weighted by Gasteiger charge is 2.25. The van der Waals surface area contributed by atoms with Gasteiger partial charge in [-0.3, -0.25) is 19.5 Å². The Morgan fingerprint density at radius 1 is 0.147 bits per heavy atom. The van der Waals surface area contributed by atoms with Crippen LogP contribution in [-0.2, 0) is 0 Å². The lowest BCUT2D eigenvalue weighted by Gasteiger charge is -2.19. The third-order valence-corrected chi connectivity index (χ3v) is 27.5. The second-order valence-corrected chi connectivity index (χ2v) is 36.0. The first-order chi connectivity index (χ1) is 70.9. The standard InChI is InChI=1S/C47H31N3.C44H29N3.C44H28N2/c1-3-13-34(14-4-1)46-38-17-7-8-18-39(38)47(35-15-5-2-6-16-35)41-29-36(25-26-40(41)46)32-21-23-33(24-22-32)37-30-44(42-19-9-11-27-48-42)50-45(31-37)43-20-10-12-28-49-43;1-4-13-31(14-5-1)41-36-19-10-11-20-37(36)42(32-15-6-2-7-16-32)39-29-34(24-27-38(39)41)30-22-25-35(26-23-30)47-43(33-17-8-3-9-18-33)46-40-21-12-28-45-44(40)47;1-3-10-31(11-4-1)41-36-15-7-8-16-37(36)42(32-12-5-2-6-13-32)39-28-35(23-25-38(39)41)29-17-19-30(20-18-29)40-26-24-34-22-21-33-14-9-27-45-43(33)44(34)46-40/h1-31H;1-29H;1-28H. The SMILES string of the molecule is c1ccc(-c2c3ccccc3c(-c3ccccc3)c3cc(-c4ccc(-c5cc(-c6ccccn6)nc(-c6ccccn6)c5)cc4)ccc23)cc1.c1ccc(-c2c3ccccc3c(-c3ccccc3)c3cc(-c4ccc(-c5ccc6ccc7cccnc7c6n5)cc4)ccc23)cc1.c1ccc(-c2c3ccccc3c(-c3ccccc3)c3cc(-c4ccc(-n5c(-c6ccccc6)nc6cccnc65)cc4)ccc23)cc1. The smallest absolute Gasteiger partial charge is 0.164 e. The van der Waals surface area contributed by atoms with Crippen LogP contribution < -0.4 is 0 Å². The van der Waals surface area contributed by atoms with Crippen molar-refractivity contribution in [2.24, 2.45) is 0 Å². The molecule has 668 valence electrons. The topological polar surface area (TPSA) is 95.2 Å². The molecule has 0 atom stereocenters. The summed E-state index contributed by atoms with van der Waals surface area (Å²) in [4.78, 5) is 33.5. The second-order valence-electron chi connectivity index (χ2n) is 36.0. The third kappa shape index (κ3) is 16.4. The molecule has 0 saturated carbocycles. The minimum Gasteiger partial charge on any atom is -0.277 e. The molecule has 27 rings (SSSR count). The van der Waals surface area contributed by atoms with Gasteiger partial charge in [-0.05, 0) is 267 Å². The lowest BCUT2D eigenvalue weighted by Crippen LogP contribution is -1.98. The van der Waals surface area contributed by atoms with Gasteiger partial charge >= 0.3 is 0 Å². The van der Waals surface area contributed by atoms with Gasteiger partial charge in [0, 0.05) is 52.4 Å². The second kappa shape index (κ2) is 37.7. The fourth-order valence-corrected chi connectivity index (χ4v) is 20.9. The van der Waals surface area contributed by atoms with E-state index in [0.717, 1.165) is 106 Å². The molecule has 0 aliphatic heterocycles. The van der Waals surface area contributed by atoms with Crippen molar-refractivity contribution in [3.05, 3.63) is 534 Å². The van der Waals surface area contributed by atoms with E-state index in [1.165, 1.54) is 154 Å². The van der Waals surface area contributed by atoms with Crippen LogP contribution >= 0.6 is 0 Å². The molecular formula is C135H88N8. The van der Waals surface area contributed by atoms with Gasteiger partial charge in [0.1, 0.15) is 11.3 Å². The molecule has 7 heterocycles. The van der Waals surface area contributed by atoms with Crippen molar-refractivity contribution in [1.82, 2.24) is 39.5 Å². The predicted octanol–water partition coefficient (Wildman–Crippen LogP) is 35.3. The molecule has 20 aromatic carbocycles. The number of hydrogen-bond acceptors (Lipinski definition) is 7. The summed E-state index contributed by atoms with van der Waals surface area (Å²) in [6.45, 7) is 0. The van der Waals surface area contributed by atoms with E-state index >= 15 is 0 Å². The van der Waals surface area contributed by atoms with Crippen LogP contribution in [0.15, 0.2) is 534 Å². The molecule has 0 unspecified atom stereocenters. The molecule has 0 aliphatic rings. The number of pyridine rings is 6. The lowest BCUT2D eigenvalue weighted by molar-refractivity contribution is 1.08. The Morgan fingerprint density at radius 2 is 0.448 bits per heavy atom. The van der Waals surface area contributed by atoms with Gasteiger partial charge in [0.15, 0.2) is 5.65 Å². The molecule has 0 radical (unpaired) electrons. The molecule has 0 N–H and O–H groups in total. The molecule has 0 spiro atoms. The van der Waals surface area contributed by atoms with Crippen molar-refractivity contribution in [3.8, 4) is 162 Å². The molecule has 143 heavy (non-hydrogen) atoms. The van der Waals surface area contributed by atoms with Crippen LogP contribution in [0, 0.1) is 0 Å². The normalized spacial score (nSPS) is 11.4. The third-order valence-electron chi connectivity index (χ3n) is 27.5. The van der Waals surface area contributed by atoms with Crippen molar-refractivity contribution in [2.45, 2.75) is 0 Å². The van der Waals surface area contributed by atoms with E-state index in [4.69, 9.17) is 19.9 Å².